The lowest BCUT2D eigenvalue weighted by Crippen LogP contribution is -2.31. The van der Waals surface area contributed by atoms with Crippen molar-refractivity contribution in [2.24, 2.45) is 0 Å². The maximum absolute atomic E-state index is 3.24. The summed E-state index contributed by atoms with van der Waals surface area (Å²) in [5, 5.41) is 6.42. The van der Waals surface area contributed by atoms with Crippen LogP contribution in [0.15, 0.2) is 0 Å². The van der Waals surface area contributed by atoms with Gasteiger partial charge < -0.3 is 0 Å². The fraction of sp³-hybridized carbons (Fsp3) is 0.857. The molecule has 1 radical (unpaired) electrons. The van der Waals surface area contributed by atoms with Crippen molar-refractivity contribution in [1.29, 1.82) is 0 Å². The van der Waals surface area contributed by atoms with Gasteiger partial charge in [0.25, 0.3) is 0 Å². The first-order valence-electron chi connectivity index (χ1n) is 3.62. The van der Waals surface area contributed by atoms with Crippen LogP contribution in [0.3, 0.4) is 0 Å². The van der Waals surface area contributed by atoms with Crippen LogP contribution in [0.2, 0.25) is 0 Å². The van der Waals surface area contributed by atoms with Gasteiger partial charge in [0.2, 0.25) is 0 Å². The summed E-state index contributed by atoms with van der Waals surface area (Å²) in [6.07, 6.45) is 2.36. The van der Waals surface area contributed by atoms with Gasteiger partial charge in [-0.1, -0.05) is 13.8 Å². The van der Waals surface area contributed by atoms with E-state index in [1.54, 1.807) is 0 Å². The Bertz CT molecular complexity index is 54.9. The molecular weight excluding hydrogens is 112 g/mol. The molecule has 2 nitrogen and oxygen atoms in total. The van der Waals surface area contributed by atoms with Crippen molar-refractivity contribution in [3.05, 3.63) is 6.17 Å². The van der Waals surface area contributed by atoms with Crippen LogP contribution in [0.4, 0.5) is 0 Å². The van der Waals surface area contributed by atoms with E-state index in [1.165, 1.54) is 12.6 Å². The molecule has 0 spiro atoms. The molecule has 0 fully saturated rings. The number of nitrogens with one attached hydrogen (secondary N) is 2. The highest BCUT2D eigenvalue weighted by Crippen LogP contribution is 1.83. The zero-order chi connectivity index (χ0) is 7.11. The predicted octanol–water partition coefficient (Wildman–Crippen LogP) is 1.10. The van der Waals surface area contributed by atoms with E-state index in [2.05, 4.69) is 31.4 Å². The first-order valence-corrected chi connectivity index (χ1v) is 3.62. The standard InChI is InChI=1S/C7H17N2/c1-4-6-9-7(3)8-5-2/h8-9H,4-6H2,1-3H3. The molecule has 0 aliphatic rings. The Morgan fingerprint density at radius 3 is 2.33 bits per heavy atom. The molecule has 9 heavy (non-hydrogen) atoms. The van der Waals surface area contributed by atoms with Crippen molar-refractivity contribution in [2.45, 2.75) is 27.2 Å². The first-order chi connectivity index (χ1) is 4.31. The van der Waals surface area contributed by atoms with Crippen molar-refractivity contribution in [2.75, 3.05) is 13.1 Å². The Balaban J connectivity index is 2.95. The topological polar surface area (TPSA) is 24.1 Å². The lowest BCUT2D eigenvalue weighted by atomic mass is 10.4. The van der Waals surface area contributed by atoms with Gasteiger partial charge in [0.1, 0.15) is 0 Å². The van der Waals surface area contributed by atoms with Crippen molar-refractivity contribution >= 4 is 0 Å². The molecule has 0 atom stereocenters. The van der Waals surface area contributed by atoms with Crippen LogP contribution >= 0.6 is 0 Å². The highest BCUT2D eigenvalue weighted by Gasteiger charge is 1.95. The summed E-state index contributed by atoms with van der Waals surface area (Å²) in [7, 11) is 0. The average molecular weight is 129 g/mol. The molecule has 0 saturated carbocycles. The largest absolute Gasteiger partial charge is 0.297 e. The average Bonchev–Trinajstić information content (AvgIpc) is 1.85. The van der Waals surface area contributed by atoms with Gasteiger partial charge in [0, 0.05) is 0 Å². The van der Waals surface area contributed by atoms with Crippen LogP contribution in [0.25, 0.3) is 0 Å². The van der Waals surface area contributed by atoms with Crippen molar-refractivity contribution < 1.29 is 0 Å². The first kappa shape index (κ1) is 8.92. The minimum Gasteiger partial charge on any atom is -0.297 e. The summed E-state index contributed by atoms with van der Waals surface area (Å²) in [6.45, 7) is 8.38. The van der Waals surface area contributed by atoms with Crippen molar-refractivity contribution in [3.63, 3.8) is 0 Å². The molecule has 0 rings (SSSR count). The number of hydrogen-bond acceptors (Lipinski definition) is 2. The molecular formula is C7H17N2. The molecule has 0 aliphatic carbocycles. The molecule has 0 bridgehead atoms. The van der Waals surface area contributed by atoms with E-state index in [0.717, 1.165) is 13.1 Å². The second-order valence-corrected chi connectivity index (χ2v) is 2.08. The van der Waals surface area contributed by atoms with Gasteiger partial charge in [-0.3, -0.25) is 10.6 Å². The van der Waals surface area contributed by atoms with E-state index in [4.69, 9.17) is 0 Å². The molecule has 0 saturated heterocycles. The van der Waals surface area contributed by atoms with E-state index in [1.807, 2.05) is 0 Å². The minimum atomic E-state index is 1.00. The maximum Gasteiger partial charge on any atom is 0.0978 e. The van der Waals surface area contributed by atoms with Crippen LogP contribution in [0.1, 0.15) is 27.2 Å². The quantitative estimate of drug-likeness (QED) is 0.581. The molecule has 2 heteroatoms. The van der Waals surface area contributed by atoms with Crippen molar-refractivity contribution in [1.82, 2.24) is 10.6 Å². The highest BCUT2D eigenvalue weighted by molar-refractivity contribution is 4.75. The van der Waals surface area contributed by atoms with Gasteiger partial charge >= 0.3 is 0 Å². The Morgan fingerprint density at radius 1 is 1.22 bits per heavy atom. The van der Waals surface area contributed by atoms with Gasteiger partial charge in [-0.15, -0.1) is 0 Å². The van der Waals surface area contributed by atoms with Crippen LogP contribution < -0.4 is 10.6 Å². The van der Waals surface area contributed by atoms with E-state index in [9.17, 15) is 0 Å². The third-order valence-corrected chi connectivity index (χ3v) is 1.08. The lowest BCUT2D eigenvalue weighted by Gasteiger charge is -2.11. The van der Waals surface area contributed by atoms with E-state index in [0.29, 0.717) is 0 Å². The second kappa shape index (κ2) is 6.05. The predicted molar refractivity (Wildman–Crippen MR) is 40.9 cm³/mol. The Labute approximate surface area is 58.0 Å². The van der Waals surface area contributed by atoms with Crippen molar-refractivity contribution in [3.8, 4) is 0 Å². The van der Waals surface area contributed by atoms with Gasteiger partial charge in [0.15, 0.2) is 0 Å². The molecule has 0 aromatic heterocycles. The third-order valence-electron chi connectivity index (χ3n) is 1.08. The minimum absolute atomic E-state index is 1.00. The zero-order valence-corrected chi connectivity index (χ0v) is 6.62. The fourth-order valence-electron chi connectivity index (χ4n) is 0.640. The number of hydrogen-bond donors (Lipinski definition) is 2. The molecule has 55 valence electrons. The summed E-state index contributed by atoms with van der Waals surface area (Å²) in [5.41, 5.74) is 0. The third kappa shape index (κ3) is 5.80. The summed E-state index contributed by atoms with van der Waals surface area (Å²) >= 11 is 0. The SMILES string of the molecule is CCCN[C](C)NCC. The lowest BCUT2D eigenvalue weighted by molar-refractivity contribution is 0.587. The van der Waals surface area contributed by atoms with Crippen LogP contribution in [0, 0.1) is 6.17 Å². The summed E-state index contributed by atoms with van der Waals surface area (Å²) in [5.74, 6) is 0. The fourth-order valence-corrected chi connectivity index (χ4v) is 0.640. The molecule has 0 unspecified atom stereocenters. The molecule has 0 aliphatic heterocycles. The van der Waals surface area contributed by atoms with Gasteiger partial charge in [-0.2, -0.15) is 0 Å². The van der Waals surface area contributed by atoms with Crippen LogP contribution in [0.5, 0.6) is 0 Å². The second-order valence-electron chi connectivity index (χ2n) is 2.08. The van der Waals surface area contributed by atoms with E-state index >= 15 is 0 Å². The molecule has 0 amide bonds. The van der Waals surface area contributed by atoms with Gasteiger partial charge in [-0.05, 0) is 26.4 Å². The Kier molecular flexibility index (Phi) is 5.99. The summed E-state index contributed by atoms with van der Waals surface area (Å²) in [6, 6.07) is 0. The monoisotopic (exact) mass is 129 g/mol. The molecule has 0 aromatic rings. The summed E-state index contributed by atoms with van der Waals surface area (Å²) < 4.78 is 0. The smallest absolute Gasteiger partial charge is 0.0978 e. The van der Waals surface area contributed by atoms with Crippen LogP contribution in [-0.2, 0) is 0 Å². The van der Waals surface area contributed by atoms with Crippen LogP contribution in [-0.4, -0.2) is 13.1 Å². The van der Waals surface area contributed by atoms with E-state index < -0.39 is 0 Å². The zero-order valence-electron chi connectivity index (χ0n) is 6.62. The number of rotatable bonds is 5. The van der Waals surface area contributed by atoms with E-state index in [-0.39, 0.29) is 0 Å². The Hall–Kier alpha value is -0.0800. The van der Waals surface area contributed by atoms with Gasteiger partial charge in [0.05, 0.1) is 6.17 Å². The Morgan fingerprint density at radius 2 is 1.89 bits per heavy atom. The highest BCUT2D eigenvalue weighted by atomic mass is 15.1. The van der Waals surface area contributed by atoms with Gasteiger partial charge in [-0.25, -0.2) is 0 Å². The normalized spacial score (nSPS) is 10.7. The maximum atomic E-state index is 3.24. The molecule has 0 aromatic carbocycles. The summed E-state index contributed by atoms with van der Waals surface area (Å²) in [4.78, 5) is 0. The molecule has 0 heterocycles. The molecule has 2 N–H and O–H groups in total.